The Morgan fingerprint density at radius 2 is 1.69 bits per heavy atom. The Morgan fingerprint density at radius 1 is 1.06 bits per heavy atom. The summed E-state index contributed by atoms with van der Waals surface area (Å²) in [6.07, 6.45) is -1.58. The number of likely N-dealkylation sites (tertiary alicyclic amines) is 1. The topological polar surface area (TPSA) is 82.9 Å². The number of fused-ring (bicyclic) bond motifs is 2. The van der Waals surface area contributed by atoms with Crippen molar-refractivity contribution in [3.8, 4) is 0 Å². The van der Waals surface area contributed by atoms with Gasteiger partial charge in [-0.3, -0.25) is 24.1 Å². The number of benzene rings is 3. The summed E-state index contributed by atoms with van der Waals surface area (Å²) in [4.78, 5) is 44.9. The molecule has 3 aromatic rings. The van der Waals surface area contributed by atoms with Crippen LogP contribution in [0.15, 0.2) is 84.9 Å². The van der Waals surface area contributed by atoms with Gasteiger partial charge in [0.2, 0.25) is 5.91 Å². The Labute approximate surface area is 207 Å². The third-order valence-electron chi connectivity index (χ3n) is 6.89. The first kappa shape index (κ1) is 23.2. The van der Waals surface area contributed by atoms with Gasteiger partial charge in [-0.05, 0) is 29.3 Å². The molecule has 5 rings (SSSR count). The first-order chi connectivity index (χ1) is 17.4. The summed E-state index contributed by atoms with van der Waals surface area (Å²) in [6.45, 7) is 7.52. The molecule has 1 spiro atoms. The molecule has 0 bridgehead atoms. The van der Waals surface area contributed by atoms with Crippen LogP contribution >= 0.6 is 0 Å². The zero-order valence-electron chi connectivity index (χ0n) is 19.3. The monoisotopic (exact) mass is 482 g/mol. The van der Waals surface area contributed by atoms with E-state index in [0.717, 1.165) is 4.90 Å². The lowest BCUT2D eigenvalue weighted by molar-refractivity contribution is -0.151. The number of hydrogen-bond acceptors (Lipinski definition) is 3. The lowest BCUT2D eigenvalue weighted by atomic mass is 9.80. The zero-order chi connectivity index (χ0) is 25.3. The smallest absolute Gasteiger partial charge is 0.302 e. The number of alkyl halides is 1. The third kappa shape index (κ3) is 3.79. The maximum absolute atomic E-state index is 16.8. The minimum absolute atomic E-state index is 0.0206. The maximum atomic E-state index is 16.8. The van der Waals surface area contributed by atoms with Crippen molar-refractivity contribution in [1.82, 2.24) is 4.90 Å². The van der Waals surface area contributed by atoms with E-state index >= 15 is 4.39 Å². The maximum Gasteiger partial charge on any atom is 0.302 e. The van der Waals surface area contributed by atoms with Crippen molar-refractivity contribution in [2.75, 3.05) is 17.2 Å². The summed E-state index contributed by atoms with van der Waals surface area (Å²) in [5.41, 5.74) is -2.10. The van der Waals surface area contributed by atoms with E-state index in [4.69, 9.17) is 6.57 Å². The third-order valence-corrected chi connectivity index (χ3v) is 6.89. The second-order valence-corrected chi connectivity index (χ2v) is 9.11. The van der Waals surface area contributed by atoms with E-state index in [1.165, 1.54) is 0 Å². The highest BCUT2D eigenvalue weighted by Crippen LogP contribution is 2.47. The number of hydrogen-bond donors (Lipinski definition) is 2. The van der Waals surface area contributed by atoms with Gasteiger partial charge in [0.15, 0.2) is 0 Å². The van der Waals surface area contributed by atoms with Gasteiger partial charge < -0.3 is 10.6 Å². The molecular formula is C28H23FN4O3. The number of halogens is 1. The van der Waals surface area contributed by atoms with Crippen LogP contribution < -0.4 is 10.6 Å². The summed E-state index contributed by atoms with van der Waals surface area (Å²) >= 11 is 0. The molecule has 36 heavy (non-hydrogen) atoms. The average Bonchev–Trinajstić information content (AvgIpc) is 3.42. The molecule has 7 nitrogen and oxygen atoms in total. The number of carbonyl (C=O) groups is 3. The first-order valence-electron chi connectivity index (χ1n) is 11.6. The molecule has 2 N–H and O–H groups in total. The number of nitrogens with zero attached hydrogens (tertiary/aromatic N) is 2. The Hall–Kier alpha value is -4.51. The molecule has 3 aromatic carbocycles. The Bertz CT molecular complexity index is 1370. The fraction of sp³-hybridized carbons (Fsp3) is 0.214. The normalized spacial score (nSPS) is 21.8. The van der Waals surface area contributed by atoms with Crippen LogP contribution in [0.1, 0.15) is 17.5 Å². The molecule has 1 unspecified atom stereocenters. The Balaban J connectivity index is 1.52. The van der Waals surface area contributed by atoms with E-state index in [-0.39, 0.29) is 18.9 Å². The van der Waals surface area contributed by atoms with Gasteiger partial charge in [-0.15, -0.1) is 0 Å². The standard InChI is InChI=1S/C28H23FN4O3/c1-30-23-17-27(21-14-8-9-15-22(21)32-24(27)34)18-33(23)26(36)28(29,16-19-10-4-2-5-11-19)25(35)31-20-12-6-3-7-13-20/h2-15,23H,16-18H2,(H,31,35)(H,32,34)/t23-,27-,28?/m0/s1. The van der Waals surface area contributed by atoms with Crippen molar-refractivity contribution in [3.63, 3.8) is 0 Å². The van der Waals surface area contributed by atoms with Crippen LogP contribution in [0.4, 0.5) is 15.8 Å². The van der Waals surface area contributed by atoms with Crippen LogP contribution in [0.2, 0.25) is 0 Å². The highest BCUT2D eigenvalue weighted by Gasteiger charge is 2.62. The predicted octanol–water partition coefficient (Wildman–Crippen LogP) is 3.94. The summed E-state index contributed by atoms with van der Waals surface area (Å²) in [5, 5.41) is 5.32. The van der Waals surface area contributed by atoms with Crippen LogP contribution in [0.5, 0.6) is 0 Å². The molecule has 0 radical (unpaired) electrons. The fourth-order valence-electron chi connectivity index (χ4n) is 5.05. The van der Waals surface area contributed by atoms with Gasteiger partial charge in [0.05, 0.1) is 6.42 Å². The minimum Gasteiger partial charge on any atom is -0.325 e. The van der Waals surface area contributed by atoms with Crippen molar-refractivity contribution in [2.45, 2.75) is 30.1 Å². The van der Waals surface area contributed by atoms with Crippen LogP contribution in [-0.4, -0.2) is 41.0 Å². The molecule has 0 aromatic heterocycles. The van der Waals surface area contributed by atoms with E-state index in [2.05, 4.69) is 15.5 Å². The van der Waals surface area contributed by atoms with Crippen molar-refractivity contribution in [2.24, 2.45) is 0 Å². The van der Waals surface area contributed by atoms with Crippen molar-refractivity contribution in [1.29, 1.82) is 0 Å². The predicted molar refractivity (Wildman–Crippen MR) is 133 cm³/mol. The van der Waals surface area contributed by atoms with Gasteiger partial charge in [0.1, 0.15) is 5.41 Å². The molecule has 180 valence electrons. The average molecular weight is 483 g/mol. The molecule has 2 aliphatic rings. The van der Waals surface area contributed by atoms with Gasteiger partial charge in [0.25, 0.3) is 17.5 Å². The highest BCUT2D eigenvalue weighted by molar-refractivity contribution is 6.14. The number of para-hydroxylation sites is 2. The van der Waals surface area contributed by atoms with Crippen LogP contribution in [0.25, 0.3) is 4.85 Å². The van der Waals surface area contributed by atoms with Gasteiger partial charge >= 0.3 is 6.17 Å². The molecular weight excluding hydrogens is 459 g/mol. The molecule has 3 atom stereocenters. The summed E-state index contributed by atoms with van der Waals surface area (Å²) < 4.78 is 16.8. The van der Waals surface area contributed by atoms with Gasteiger partial charge in [0, 0.05) is 24.3 Å². The Morgan fingerprint density at radius 3 is 2.39 bits per heavy atom. The number of rotatable bonds is 5. The van der Waals surface area contributed by atoms with E-state index < -0.39 is 35.5 Å². The lowest BCUT2D eigenvalue weighted by Crippen LogP contribution is -2.56. The van der Waals surface area contributed by atoms with E-state index in [9.17, 15) is 14.4 Å². The van der Waals surface area contributed by atoms with Crippen LogP contribution in [0, 0.1) is 6.57 Å². The molecule has 3 amide bonds. The SMILES string of the molecule is [C-]#[N+][C@@H]1C[C@@]2(CN1C(=O)C(F)(Cc1ccccc1)C(=O)Nc1ccccc1)C(=O)Nc1ccccc12. The second-order valence-electron chi connectivity index (χ2n) is 9.11. The lowest BCUT2D eigenvalue weighted by Gasteiger charge is -2.29. The highest BCUT2D eigenvalue weighted by atomic mass is 19.1. The molecule has 8 heteroatoms. The summed E-state index contributed by atoms with van der Waals surface area (Å²) in [6, 6.07) is 23.8. The number of nitrogens with one attached hydrogen (secondary N) is 2. The molecule has 0 aliphatic carbocycles. The Kier molecular flexibility index (Phi) is 5.77. The molecule has 1 saturated heterocycles. The van der Waals surface area contributed by atoms with E-state index in [1.807, 2.05) is 0 Å². The van der Waals surface area contributed by atoms with Crippen molar-refractivity contribution >= 4 is 29.1 Å². The van der Waals surface area contributed by atoms with Gasteiger partial charge in [-0.2, -0.15) is 0 Å². The number of amides is 3. The van der Waals surface area contributed by atoms with Crippen LogP contribution in [0.3, 0.4) is 0 Å². The van der Waals surface area contributed by atoms with Crippen molar-refractivity contribution in [3.05, 3.63) is 107 Å². The molecule has 2 heterocycles. The van der Waals surface area contributed by atoms with E-state index in [0.29, 0.717) is 22.5 Å². The summed E-state index contributed by atoms with van der Waals surface area (Å²) in [5.74, 6) is -2.59. The quantitative estimate of drug-likeness (QED) is 0.427. The molecule has 0 saturated carbocycles. The van der Waals surface area contributed by atoms with Crippen molar-refractivity contribution < 1.29 is 18.8 Å². The first-order valence-corrected chi connectivity index (χ1v) is 11.6. The molecule has 2 aliphatic heterocycles. The molecule has 1 fully saturated rings. The largest absolute Gasteiger partial charge is 0.325 e. The van der Waals surface area contributed by atoms with E-state index in [1.54, 1.807) is 84.9 Å². The summed E-state index contributed by atoms with van der Waals surface area (Å²) in [7, 11) is 0. The van der Waals surface area contributed by atoms with Gasteiger partial charge in [-0.1, -0.05) is 66.7 Å². The second kappa shape index (κ2) is 8.93. The number of anilines is 2. The minimum atomic E-state index is -3.00. The zero-order valence-corrected chi connectivity index (χ0v) is 19.3. The number of carbonyl (C=O) groups excluding carboxylic acids is 3. The fourth-order valence-corrected chi connectivity index (χ4v) is 5.05. The van der Waals surface area contributed by atoms with Crippen LogP contribution in [-0.2, 0) is 26.2 Å². The van der Waals surface area contributed by atoms with Gasteiger partial charge in [-0.25, -0.2) is 11.0 Å².